The van der Waals surface area contributed by atoms with Gasteiger partial charge >= 0.3 is 0 Å². The van der Waals surface area contributed by atoms with Crippen molar-refractivity contribution in [2.24, 2.45) is 0 Å². The predicted octanol–water partition coefficient (Wildman–Crippen LogP) is 0.687. The molecular formula is C5H6N2. The number of hydrogen-bond donors (Lipinski definition) is 0. The Morgan fingerprint density at radius 3 is 2.71 bits per heavy atom. The molecule has 0 aromatic rings. The van der Waals surface area contributed by atoms with Gasteiger partial charge in [0, 0.05) is 6.20 Å². The number of nitrogens with zero attached hydrogens (tertiary/aromatic N) is 2. The lowest BCUT2D eigenvalue weighted by molar-refractivity contribution is 0.501. The van der Waals surface area contributed by atoms with Gasteiger partial charge < -0.3 is 0 Å². The molecule has 0 spiro atoms. The minimum atomic E-state index is 0.830. The van der Waals surface area contributed by atoms with E-state index in [2.05, 4.69) is 0 Å². The highest BCUT2D eigenvalue weighted by atomic mass is 15.1. The van der Waals surface area contributed by atoms with E-state index < -0.39 is 0 Å². The van der Waals surface area contributed by atoms with Gasteiger partial charge in [0.05, 0.1) is 6.54 Å². The van der Waals surface area contributed by atoms with Crippen molar-refractivity contribution in [1.82, 2.24) is 4.90 Å². The Hall–Kier alpha value is -0.970. The average molecular weight is 94.1 g/mol. The zero-order valence-corrected chi connectivity index (χ0v) is 4.18. The van der Waals surface area contributed by atoms with Crippen LogP contribution in [0, 0.1) is 11.5 Å². The van der Waals surface area contributed by atoms with Gasteiger partial charge in [-0.25, -0.2) is 0 Å². The van der Waals surface area contributed by atoms with Crippen LogP contribution < -0.4 is 0 Å². The molecule has 1 heterocycles. The van der Waals surface area contributed by atoms with Crippen LogP contribution in [0.3, 0.4) is 0 Å². The van der Waals surface area contributed by atoms with Gasteiger partial charge in [-0.05, 0) is 12.5 Å². The highest BCUT2D eigenvalue weighted by Gasteiger charge is 2.07. The van der Waals surface area contributed by atoms with Crippen molar-refractivity contribution in [3.63, 3.8) is 0 Å². The molecule has 0 aromatic heterocycles. The zero-order valence-electron chi connectivity index (χ0n) is 4.18. The molecule has 0 amide bonds. The molecular weight excluding hydrogens is 88.1 g/mol. The SMILES string of the molecule is CC1=CN(C#N)C1. The number of nitriles is 1. The van der Waals surface area contributed by atoms with Gasteiger partial charge in [0.15, 0.2) is 6.19 Å². The molecule has 0 unspecified atom stereocenters. The fourth-order valence-corrected chi connectivity index (χ4v) is 0.573. The Labute approximate surface area is 42.7 Å². The third-order valence-electron chi connectivity index (χ3n) is 0.924. The van der Waals surface area contributed by atoms with Gasteiger partial charge in [-0.2, -0.15) is 5.26 Å². The molecule has 1 rings (SSSR count). The van der Waals surface area contributed by atoms with Crippen LogP contribution in [0.5, 0.6) is 0 Å². The molecule has 2 heteroatoms. The first-order valence-corrected chi connectivity index (χ1v) is 2.16. The summed E-state index contributed by atoms with van der Waals surface area (Å²) in [7, 11) is 0. The van der Waals surface area contributed by atoms with Crippen LogP contribution in [0.15, 0.2) is 11.8 Å². The smallest absolute Gasteiger partial charge is 0.184 e. The summed E-state index contributed by atoms with van der Waals surface area (Å²) in [5.74, 6) is 0. The van der Waals surface area contributed by atoms with E-state index in [4.69, 9.17) is 5.26 Å². The van der Waals surface area contributed by atoms with E-state index in [1.54, 1.807) is 4.90 Å². The maximum absolute atomic E-state index is 8.14. The highest BCUT2D eigenvalue weighted by molar-refractivity contribution is 5.14. The molecule has 36 valence electrons. The minimum Gasteiger partial charge on any atom is -0.282 e. The van der Waals surface area contributed by atoms with Crippen LogP contribution in [-0.2, 0) is 0 Å². The third-order valence-corrected chi connectivity index (χ3v) is 0.924. The molecule has 0 N–H and O–H groups in total. The highest BCUT2D eigenvalue weighted by Crippen LogP contribution is 2.08. The predicted molar refractivity (Wildman–Crippen MR) is 26.1 cm³/mol. The van der Waals surface area contributed by atoms with Crippen molar-refractivity contribution >= 4 is 0 Å². The first-order chi connectivity index (χ1) is 3.33. The van der Waals surface area contributed by atoms with Crippen molar-refractivity contribution < 1.29 is 0 Å². The van der Waals surface area contributed by atoms with Gasteiger partial charge in [0.2, 0.25) is 0 Å². The van der Waals surface area contributed by atoms with Gasteiger partial charge in [0.1, 0.15) is 0 Å². The summed E-state index contributed by atoms with van der Waals surface area (Å²) < 4.78 is 0. The van der Waals surface area contributed by atoms with E-state index in [1.165, 1.54) is 5.57 Å². The second-order valence-electron chi connectivity index (χ2n) is 1.70. The fourth-order valence-electron chi connectivity index (χ4n) is 0.573. The van der Waals surface area contributed by atoms with Crippen molar-refractivity contribution in [2.45, 2.75) is 6.92 Å². The Bertz CT molecular complexity index is 141. The van der Waals surface area contributed by atoms with Crippen LogP contribution in [0.1, 0.15) is 6.92 Å². The summed E-state index contributed by atoms with van der Waals surface area (Å²) in [5.41, 5.74) is 1.28. The van der Waals surface area contributed by atoms with Crippen LogP contribution in [-0.4, -0.2) is 11.4 Å². The molecule has 0 aliphatic carbocycles. The van der Waals surface area contributed by atoms with Gasteiger partial charge in [0.25, 0.3) is 0 Å². The van der Waals surface area contributed by atoms with E-state index in [1.807, 2.05) is 19.3 Å². The Kier molecular flexibility index (Phi) is 0.759. The standard InChI is InChI=1S/C5H6N2/c1-5-2-7(3-5)4-6/h2H,3H2,1H3. The Balaban J connectivity index is 2.50. The molecule has 0 saturated heterocycles. The van der Waals surface area contributed by atoms with Crippen LogP contribution in [0.4, 0.5) is 0 Å². The third kappa shape index (κ3) is 0.566. The lowest BCUT2D eigenvalue weighted by atomic mass is 10.2. The minimum absolute atomic E-state index is 0.830. The van der Waals surface area contributed by atoms with Gasteiger partial charge in [-0.1, -0.05) is 0 Å². The summed E-state index contributed by atoms with van der Waals surface area (Å²) >= 11 is 0. The lowest BCUT2D eigenvalue weighted by Crippen LogP contribution is -2.22. The van der Waals surface area contributed by atoms with Gasteiger partial charge in [-0.15, -0.1) is 0 Å². The molecule has 0 atom stereocenters. The maximum Gasteiger partial charge on any atom is 0.184 e. The molecule has 0 saturated carbocycles. The fraction of sp³-hybridized carbons (Fsp3) is 0.400. The topological polar surface area (TPSA) is 27.0 Å². The van der Waals surface area contributed by atoms with E-state index in [0.717, 1.165) is 6.54 Å². The van der Waals surface area contributed by atoms with Crippen LogP contribution >= 0.6 is 0 Å². The first-order valence-electron chi connectivity index (χ1n) is 2.16. The van der Waals surface area contributed by atoms with Crippen molar-refractivity contribution in [3.8, 4) is 6.19 Å². The van der Waals surface area contributed by atoms with Crippen LogP contribution in [0.2, 0.25) is 0 Å². The summed E-state index contributed by atoms with van der Waals surface area (Å²) in [5, 5.41) is 8.14. The average Bonchev–Trinajstić information content (AvgIpc) is 1.58. The normalized spacial score (nSPS) is 17.1. The maximum atomic E-state index is 8.14. The van der Waals surface area contributed by atoms with E-state index in [-0.39, 0.29) is 0 Å². The molecule has 1 aliphatic heterocycles. The Morgan fingerprint density at radius 1 is 2.00 bits per heavy atom. The van der Waals surface area contributed by atoms with Crippen molar-refractivity contribution in [3.05, 3.63) is 11.8 Å². The number of rotatable bonds is 0. The summed E-state index contributed by atoms with van der Waals surface area (Å²) in [6.07, 6.45) is 3.82. The second-order valence-corrected chi connectivity index (χ2v) is 1.70. The second kappa shape index (κ2) is 1.27. The summed E-state index contributed by atoms with van der Waals surface area (Å²) in [6.45, 7) is 2.84. The molecule has 0 bridgehead atoms. The van der Waals surface area contributed by atoms with E-state index >= 15 is 0 Å². The summed E-state index contributed by atoms with van der Waals surface area (Å²) in [4.78, 5) is 1.59. The van der Waals surface area contributed by atoms with Crippen molar-refractivity contribution in [2.75, 3.05) is 6.54 Å². The van der Waals surface area contributed by atoms with E-state index in [0.29, 0.717) is 0 Å². The first kappa shape index (κ1) is 4.20. The molecule has 0 radical (unpaired) electrons. The van der Waals surface area contributed by atoms with Crippen LogP contribution in [0.25, 0.3) is 0 Å². The number of hydrogen-bond acceptors (Lipinski definition) is 2. The molecule has 0 fully saturated rings. The molecule has 7 heavy (non-hydrogen) atoms. The zero-order chi connectivity index (χ0) is 5.28. The van der Waals surface area contributed by atoms with Gasteiger partial charge in [-0.3, -0.25) is 4.90 Å². The molecule has 0 aromatic carbocycles. The summed E-state index contributed by atoms with van der Waals surface area (Å²) in [6, 6.07) is 0. The molecule has 2 nitrogen and oxygen atoms in total. The quantitative estimate of drug-likeness (QED) is 0.413. The Morgan fingerprint density at radius 2 is 2.57 bits per heavy atom. The van der Waals surface area contributed by atoms with E-state index in [9.17, 15) is 0 Å². The molecule has 1 aliphatic rings. The lowest BCUT2D eigenvalue weighted by Gasteiger charge is -2.20. The largest absolute Gasteiger partial charge is 0.282 e. The monoisotopic (exact) mass is 94.1 g/mol. The van der Waals surface area contributed by atoms with Crippen molar-refractivity contribution in [1.29, 1.82) is 5.26 Å².